The highest BCUT2D eigenvalue weighted by Gasteiger charge is 2.19. The molecule has 0 N–H and O–H groups in total. The monoisotopic (exact) mass is 617 g/mol. The van der Waals surface area contributed by atoms with Crippen molar-refractivity contribution in [2.24, 2.45) is 5.10 Å². The fraction of sp³-hybridized carbons (Fsp3) is 0.206. The van der Waals surface area contributed by atoms with E-state index in [1.165, 1.54) is 23.0 Å². The van der Waals surface area contributed by atoms with E-state index in [4.69, 9.17) is 37.7 Å². The van der Waals surface area contributed by atoms with Gasteiger partial charge in [0.05, 0.1) is 33.8 Å². The number of nitrogens with zero attached hydrogens (tertiary/aromatic N) is 3. The summed E-state index contributed by atoms with van der Waals surface area (Å²) in [4.78, 5) is 18.6. The SMILES string of the molecule is CCOc1cc(C)c(-c2nc3ccccc3c(=O)n2N=Cc2cc(Cl)c(OCc3ccc(F)cc3)c(Cl)c2)cc1C(C)C. The van der Waals surface area contributed by atoms with E-state index in [-0.39, 0.29) is 33.9 Å². The predicted octanol–water partition coefficient (Wildman–Crippen LogP) is 8.80. The highest BCUT2D eigenvalue weighted by atomic mass is 35.5. The van der Waals surface area contributed by atoms with Gasteiger partial charge in [0.2, 0.25) is 0 Å². The van der Waals surface area contributed by atoms with Crippen molar-refractivity contribution in [3.05, 3.63) is 121 Å². The van der Waals surface area contributed by atoms with Gasteiger partial charge >= 0.3 is 0 Å². The number of hydrogen-bond donors (Lipinski definition) is 0. The van der Waals surface area contributed by atoms with Crippen LogP contribution in [0.5, 0.6) is 11.5 Å². The van der Waals surface area contributed by atoms with Crippen LogP contribution in [0.25, 0.3) is 22.3 Å². The van der Waals surface area contributed by atoms with Crippen molar-refractivity contribution in [3.8, 4) is 22.9 Å². The quantitative estimate of drug-likeness (QED) is 0.155. The first kappa shape index (κ1) is 30.3. The molecule has 0 saturated heterocycles. The Morgan fingerprint density at radius 2 is 1.70 bits per heavy atom. The van der Waals surface area contributed by atoms with Crippen LogP contribution in [0.2, 0.25) is 10.0 Å². The van der Waals surface area contributed by atoms with E-state index in [0.29, 0.717) is 34.6 Å². The predicted molar refractivity (Wildman–Crippen MR) is 172 cm³/mol. The van der Waals surface area contributed by atoms with Gasteiger partial charge in [0.25, 0.3) is 5.56 Å². The maximum absolute atomic E-state index is 13.8. The Morgan fingerprint density at radius 1 is 1.00 bits per heavy atom. The lowest BCUT2D eigenvalue weighted by atomic mass is 9.96. The molecule has 0 saturated carbocycles. The number of aromatic nitrogens is 2. The van der Waals surface area contributed by atoms with Gasteiger partial charge in [-0.2, -0.15) is 9.78 Å². The molecule has 0 aliphatic rings. The lowest BCUT2D eigenvalue weighted by molar-refractivity contribution is 0.306. The molecule has 0 bridgehead atoms. The molecule has 0 fully saturated rings. The molecule has 220 valence electrons. The number of halogens is 3. The molecule has 0 spiro atoms. The average molecular weight is 619 g/mol. The minimum absolute atomic E-state index is 0.161. The van der Waals surface area contributed by atoms with E-state index in [1.54, 1.807) is 36.4 Å². The van der Waals surface area contributed by atoms with Crippen molar-refractivity contribution in [1.29, 1.82) is 0 Å². The molecule has 5 aromatic rings. The number of para-hydroxylation sites is 1. The van der Waals surface area contributed by atoms with Crippen LogP contribution >= 0.6 is 23.2 Å². The topological polar surface area (TPSA) is 65.7 Å². The molecule has 43 heavy (non-hydrogen) atoms. The molecule has 4 aromatic carbocycles. The first-order valence-corrected chi connectivity index (χ1v) is 14.6. The van der Waals surface area contributed by atoms with E-state index in [9.17, 15) is 9.18 Å². The molecule has 0 aliphatic heterocycles. The van der Waals surface area contributed by atoms with Crippen molar-refractivity contribution < 1.29 is 13.9 Å². The maximum atomic E-state index is 13.8. The van der Waals surface area contributed by atoms with Gasteiger partial charge in [-0.25, -0.2) is 9.37 Å². The van der Waals surface area contributed by atoms with Gasteiger partial charge in [0.1, 0.15) is 18.2 Å². The number of benzene rings is 4. The van der Waals surface area contributed by atoms with Gasteiger partial charge in [0.15, 0.2) is 11.6 Å². The third kappa shape index (κ3) is 6.58. The zero-order valence-electron chi connectivity index (χ0n) is 24.2. The Labute approximate surface area is 259 Å². The molecule has 9 heteroatoms. The van der Waals surface area contributed by atoms with Gasteiger partial charge in [0, 0.05) is 5.56 Å². The van der Waals surface area contributed by atoms with Gasteiger partial charge in [-0.1, -0.05) is 61.3 Å². The summed E-state index contributed by atoms with van der Waals surface area (Å²) in [5.74, 6) is 1.35. The second-order valence-electron chi connectivity index (χ2n) is 10.3. The van der Waals surface area contributed by atoms with Crippen LogP contribution in [0.15, 0.2) is 82.7 Å². The lowest BCUT2D eigenvalue weighted by Crippen LogP contribution is -2.21. The number of aryl methyl sites for hydroxylation is 1. The average Bonchev–Trinajstić information content (AvgIpc) is 2.97. The maximum Gasteiger partial charge on any atom is 0.282 e. The van der Waals surface area contributed by atoms with Crippen molar-refractivity contribution in [3.63, 3.8) is 0 Å². The minimum Gasteiger partial charge on any atom is -0.494 e. The van der Waals surface area contributed by atoms with Gasteiger partial charge < -0.3 is 9.47 Å². The van der Waals surface area contributed by atoms with Gasteiger partial charge in [-0.3, -0.25) is 4.79 Å². The van der Waals surface area contributed by atoms with Crippen LogP contribution in [-0.4, -0.2) is 22.5 Å². The Bertz CT molecular complexity index is 1860. The van der Waals surface area contributed by atoms with Gasteiger partial charge in [-0.15, -0.1) is 0 Å². The summed E-state index contributed by atoms with van der Waals surface area (Å²) in [6.45, 7) is 8.80. The summed E-state index contributed by atoms with van der Waals surface area (Å²) >= 11 is 13.1. The first-order chi connectivity index (χ1) is 20.7. The normalized spacial score (nSPS) is 11.5. The fourth-order valence-corrected chi connectivity index (χ4v) is 5.34. The summed E-state index contributed by atoms with van der Waals surface area (Å²) in [5, 5.41) is 5.56. The second kappa shape index (κ2) is 13.0. The summed E-state index contributed by atoms with van der Waals surface area (Å²) in [5.41, 5.74) is 4.26. The second-order valence-corrected chi connectivity index (χ2v) is 11.1. The Kier molecular flexibility index (Phi) is 9.14. The molecule has 1 aromatic heterocycles. The van der Waals surface area contributed by atoms with E-state index in [2.05, 4.69) is 18.9 Å². The molecular formula is C34H30Cl2FN3O3. The smallest absolute Gasteiger partial charge is 0.282 e. The molecule has 6 nitrogen and oxygen atoms in total. The Morgan fingerprint density at radius 3 is 2.37 bits per heavy atom. The number of rotatable bonds is 9. The third-order valence-electron chi connectivity index (χ3n) is 6.91. The van der Waals surface area contributed by atoms with E-state index in [1.807, 2.05) is 38.1 Å². The van der Waals surface area contributed by atoms with Crippen LogP contribution in [-0.2, 0) is 6.61 Å². The first-order valence-electron chi connectivity index (χ1n) is 13.9. The van der Waals surface area contributed by atoms with Crippen LogP contribution in [0.3, 0.4) is 0 Å². The number of ether oxygens (including phenoxy) is 2. The standard InChI is InChI=1S/C34H30Cl2FN3O3/c1-5-42-31-14-21(4)27(17-26(31)20(2)3)33-39-30-9-7-6-8-25(30)34(41)40(33)38-18-23-15-28(35)32(29(36)16-23)43-19-22-10-12-24(37)13-11-22/h6-18,20H,5,19H2,1-4H3. The van der Waals surface area contributed by atoms with E-state index in [0.717, 1.165) is 28.0 Å². The van der Waals surface area contributed by atoms with Crippen molar-refractivity contribution in [2.45, 2.75) is 40.2 Å². The number of hydrogen-bond acceptors (Lipinski definition) is 5. The third-order valence-corrected chi connectivity index (χ3v) is 7.47. The fourth-order valence-electron chi connectivity index (χ4n) is 4.73. The summed E-state index contributed by atoms with van der Waals surface area (Å²) in [6.07, 6.45) is 1.51. The number of fused-ring (bicyclic) bond motifs is 1. The highest BCUT2D eigenvalue weighted by molar-refractivity contribution is 6.37. The van der Waals surface area contributed by atoms with Crippen LogP contribution in [0, 0.1) is 12.7 Å². The van der Waals surface area contributed by atoms with Crippen molar-refractivity contribution >= 4 is 40.3 Å². The summed E-state index contributed by atoms with van der Waals surface area (Å²) < 4.78 is 26.3. The molecule has 0 atom stereocenters. The summed E-state index contributed by atoms with van der Waals surface area (Å²) in [6, 6.07) is 20.4. The Hall–Kier alpha value is -4.20. The molecule has 0 radical (unpaired) electrons. The zero-order chi connectivity index (χ0) is 30.7. The van der Waals surface area contributed by atoms with E-state index >= 15 is 0 Å². The van der Waals surface area contributed by atoms with Crippen LogP contribution in [0.4, 0.5) is 4.39 Å². The largest absolute Gasteiger partial charge is 0.494 e. The summed E-state index contributed by atoms with van der Waals surface area (Å²) in [7, 11) is 0. The molecule has 1 heterocycles. The lowest BCUT2D eigenvalue weighted by Gasteiger charge is -2.18. The van der Waals surface area contributed by atoms with Crippen molar-refractivity contribution in [1.82, 2.24) is 9.66 Å². The zero-order valence-corrected chi connectivity index (χ0v) is 25.7. The van der Waals surface area contributed by atoms with E-state index < -0.39 is 0 Å². The molecule has 0 aliphatic carbocycles. The van der Waals surface area contributed by atoms with Crippen LogP contribution in [0.1, 0.15) is 48.9 Å². The van der Waals surface area contributed by atoms with Gasteiger partial charge in [-0.05, 0) is 90.6 Å². The van der Waals surface area contributed by atoms with Crippen LogP contribution < -0.4 is 15.0 Å². The molecule has 0 amide bonds. The Balaban J connectivity index is 1.56. The molecule has 5 rings (SSSR count). The minimum atomic E-state index is -0.328. The van der Waals surface area contributed by atoms with Crippen molar-refractivity contribution in [2.75, 3.05) is 6.61 Å². The molecular weight excluding hydrogens is 588 g/mol. The highest BCUT2D eigenvalue weighted by Crippen LogP contribution is 2.36. The molecule has 0 unspecified atom stereocenters.